The van der Waals surface area contributed by atoms with E-state index in [1.165, 1.54) is 24.3 Å². The number of nitrogens with two attached hydrogens (primary N) is 1. The fourth-order valence-corrected chi connectivity index (χ4v) is 2.01. The van der Waals surface area contributed by atoms with Gasteiger partial charge in [0, 0.05) is 30.9 Å². The van der Waals surface area contributed by atoms with E-state index in [2.05, 4.69) is 0 Å². The van der Waals surface area contributed by atoms with Gasteiger partial charge in [0.25, 0.3) is 0 Å². The van der Waals surface area contributed by atoms with Crippen LogP contribution in [0.25, 0.3) is 0 Å². The molecule has 106 valence electrons. The maximum atomic E-state index is 13.6. The minimum Gasteiger partial charge on any atom is -0.373 e. The molecule has 0 bridgehead atoms. The number of hydrogen-bond acceptors (Lipinski definition) is 2. The highest BCUT2D eigenvalue weighted by Gasteiger charge is 2.15. The largest absolute Gasteiger partial charge is 0.373 e. The van der Waals surface area contributed by atoms with Gasteiger partial charge in [0.1, 0.15) is 17.5 Å². The van der Waals surface area contributed by atoms with Crippen LogP contribution in [0.5, 0.6) is 0 Å². The molecule has 0 radical (unpaired) electrons. The second kappa shape index (κ2) is 5.96. The molecule has 0 fully saturated rings. The predicted molar refractivity (Wildman–Crippen MR) is 73.0 cm³/mol. The first-order valence-electron chi connectivity index (χ1n) is 6.14. The van der Waals surface area contributed by atoms with Crippen LogP contribution in [0, 0.1) is 17.5 Å². The lowest BCUT2D eigenvalue weighted by atomic mass is 10.1. The molecule has 1 unspecified atom stereocenters. The average molecular weight is 280 g/mol. The fraction of sp³-hybridized carbons (Fsp3) is 0.200. The molecule has 0 amide bonds. The van der Waals surface area contributed by atoms with Gasteiger partial charge in [-0.25, -0.2) is 13.2 Å². The van der Waals surface area contributed by atoms with Crippen LogP contribution in [-0.4, -0.2) is 13.6 Å². The summed E-state index contributed by atoms with van der Waals surface area (Å²) in [5, 5.41) is 0. The molecule has 20 heavy (non-hydrogen) atoms. The molecule has 0 aromatic heterocycles. The smallest absolute Gasteiger partial charge is 0.130 e. The summed E-state index contributed by atoms with van der Waals surface area (Å²) in [4.78, 5) is 1.72. The van der Waals surface area contributed by atoms with Crippen molar-refractivity contribution >= 4 is 5.69 Å². The van der Waals surface area contributed by atoms with Gasteiger partial charge in [-0.3, -0.25) is 0 Å². The van der Waals surface area contributed by atoms with Gasteiger partial charge in [-0.15, -0.1) is 0 Å². The highest BCUT2D eigenvalue weighted by atomic mass is 19.1. The third kappa shape index (κ3) is 3.30. The Hall–Kier alpha value is -2.01. The number of anilines is 1. The van der Waals surface area contributed by atoms with Crippen LogP contribution >= 0.6 is 0 Å². The van der Waals surface area contributed by atoms with Gasteiger partial charge in [-0.05, 0) is 24.3 Å². The number of rotatable bonds is 4. The molecule has 0 aliphatic carbocycles. The predicted octanol–water partition coefficient (Wildman–Crippen LogP) is 3.24. The molecule has 0 aliphatic rings. The third-order valence-corrected chi connectivity index (χ3v) is 3.08. The average Bonchev–Trinajstić information content (AvgIpc) is 2.38. The molecule has 2 aromatic rings. The van der Waals surface area contributed by atoms with Crippen molar-refractivity contribution in [2.24, 2.45) is 5.73 Å². The zero-order valence-corrected chi connectivity index (χ0v) is 11.0. The lowest BCUT2D eigenvalue weighted by molar-refractivity contribution is 0.554. The van der Waals surface area contributed by atoms with Crippen LogP contribution in [0.1, 0.15) is 11.6 Å². The van der Waals surface area contributed by atoms with E-state index in [0.717, 1.165) is 6.07 Å². The Morgan fingerprint density at radius 3 is 2.40 bits per heavy atom. The molecule has 2 nitrogen and oxygen atoms in total. The van der Waals surface area contributed by atoms with E-state index < -0.39 is 17.7 Å². The van der Waals surface area contributed by atoms with E-state index in [4.69, 9.17) is 5.73 Å². The first-order valence-corrected chi connectivity index (χ1v) is 6.14. The zero-order chi connectivity index (χ0) is 14.7. The molecule has 0 aliphatic heterocycles. The lowest BCUT2D eigenvalue weighted by Crippen LogP contribution is -2.29. The second-order valence-corrected chi connectivity index (χ2v) is 4.63. The van der Waals surface area contributed by atoms with Crippen LogP contribution in [0.4, 0.5) is 18.9 Å². The van der Waals surface area contributed by atoms with Crippen molar-refractivity contribution < 1.29 is 13.2 Å². The molecule has 2 rings (SSSR count). The van der Waals surface area contributed by atoms with Crippen molar-refractivity contribution in [3.63, 3.8) is 0 Å². The van der Waals surface area contributed by atoms with Crippen LogP contribution in [0.2, 0.25) is 0 Å². The number of likely N-dealkylation sites (N-methyl/N-ethyl adjacent to an activating group) is 1. The highest BCUT2D eigenvalue weighted by Crippen LogP contribution is 2.20. The summed E-state index contributed by atoms with van der Waals surface area (Å²) in [5.74, 6) is -1.67. The van der Waals surface area contributed by atoms with Gasteiger partial charge in [0.15, 0.2) is 0 Å². The number of hydrogen-bond donors (Lipinski definition) is 1. The van der Waals surface area contributed by atoms with Gasteiger partial charge >= 0.3 is 0 Å². The summed E-state index contributed by atoms with van der Waals surface area (Å²) in [5.41, 5.74) is 6.80. The Balaban J connectivity index is 2.12. The van der Waals surface area contributed by atoms with Crippen LogP contribution in [0.15, 0.2) is 42.5 Å². The quantitative estimate of drug-likeness (QED) is 0.931. The topological polar surface area (TPSA) is 29.3 Å². The molecule has 0 saturated carbocycles. The van der Waals surface area contributed by atoms with E-state index in [-0.39, 0.29) is 17.9 Å². The molecule has 2 N–H and O–H groups in total. The van der Waals surface area contributed by atoms with Crippen molar-refractivity contribution in [3.8, 4) is 0 Å². The van der Waals surface area contributed by atoms with Crippen molar-refractivity contribution in [1.82, 2.24) is 0 Å². The van der Waals surface area contributed by atoms with Gasteiger partial charge in [-0.1, -0.05) is 12.1 Å². The van der Waals surface area contributed by atoms with Crippen LogP contribution in [-0.2, 0) is 0 Å². The molecule has 5 heteroatoms. The van der Waals surface area contributed by atoms with Gasteiger partial charge in [-0.2, -0.15) is 0 Å². The molecule has 2 aromatic carbocycles. The maximum Gasteiger partial charge on any atom is 0.130 e. The Morgan fingerprint density at radius 2 is 1.75 bits per heavy atom. The zero-order valence-electron chi connectivity index (χ0n) is 11.0. The monoisotopic (exact) mass is 280 g/mol. The Labute approximate surface area is 115 Å². The summed E-state index contributed by atoms with van der Waals surface area (Å²) in [7, 11) is 1.73. The summed E-state index contributed by atoms with van der Waals surface area (Å²) >= 11 is 0. The van der Waals surface area contributed by atoms with E-state index >= 15 is 0 Å². The number of benzene rings is 2. The van der Waals surface area contributed by atoms with Crippen molar-refractivity contribution in [2.75, 3.05) is 18.5 Å². The second-order valence-electron chi connectivity index (χ2n) is 4.63. The molecular weight excluding hydrogens is 265 g/mol. The highest BCUT2D eigenvalue weighted by molar-refractivity contribution is 5.46. The summed E-state index contributed by atoms with van der Waals surface area (Å²) < 4.78 is 39.6. The normalized spacial score (nSPS) is 12.2. The first kappa shape index (κ1) is 14.4. The first-order chi connectivity index (χ1) is 9.47. The van der Waals surface area contributed by atoms with Crippen molar-refractivity contribution in [3.05, 3.63) is 65.5 Å². The molecule has 1 atom stereocenters. The summed E-state index contributed by atoms with van der Waals surface area (Å²) in [6, 6.07) is 8.70. The van der Waals surface area contributed by atoms with Gasteiger partial charge < -0.3 is 10.6 Å². The van der Waals surface area contributed by atoms with E-state index in [9.17, 15) is 13.2 Å². The van der Waals surface area contributed by atoms with E-state index in [1.54, 1.807) is 24.1 Å². The lowest BCUT2D eigenvalue weighted by Gasteiger charge is -2.24. The minimum atomic E-state index is -0.676. The van der Waals surface area contributed by atoms with Crippen molar-refractivity contribution in [1.29, 1.82) is 0 Å². The molecule has 0 saturated heterocycles. The van der Waals surface area contributed by atoms with Gasteiger partial charge in [0.2, 0.25) is 0 Å². The Morgan fingerprint density at radius 1 is 1.05 bits per heavy atom. The number of nitrogens with zero attached hydrogens (tertiary/aromatic N) is 1. The minimum absolute atomic E-state index is 0.231. The Bertz CT molecular complexity index is 601. The van der Waals surface area contributed by atoms with Crippen molar-refractivity contribution in [2.45, 2.75) is 6.04 Å². The van der Waals surface area contributed by atoms with Gasteiger partial charge in [0.05, 0.1) is 6.04 Å². The third-order valence-electron chi connectivity index (χ3n) is 3.08. The Kier molecular flexibility index (Phi) is 4.29. The maximum absolute atomic E-state index is 13.6. The SMILES string of the molecule is CN(CC(N)c1ccc(F)cc1F)c1cccc(F)c1. The van der Waals surface area contributed by atoms with Crippen LogP contribution in [0.3, 0.4) is 0 Å². The van der Waals surface area contributed by atoms with Crippen LogP contribution < -0.4 is 10.6 Å². The van der Waals surface area contributed by atoms with E-state index in [0.29, 0.717) is 5.69 Å². The summed E-state index contributed by atoms with van der Waals surface area (Å²) in [6.45, 7) is 0.284. The standard InChI is InChI=1S/C15H15F3N2/c1-20(12-4-2-3-10(16)7-12)9-15(19)13-6-5-11(17)8-14(13)18/h2-8,15H,9,19H2,1H3. The fourth-order valence-electron chi connectivity index (χ4n) is 2.01. The number of halogens is 3. The molecule has 0 spiro atoms. The molecular formula is C15H15F3N2. The van der Waals surface area contributed by atoms with E-state index in [1.807, 2.05) is 0 Å². The summed E-state index contributed by atoms with van der Waals surface area (Å²) in [6.07, 6.45) is 0. The molecule has 0 heterocycles.